The zero-order valence-corrected chi connectivity index (χ0v) is 11.2. The molecule has 0 fully saturated rings. The Balaban J connectivity index is 2.29. The third kappa shape index (κ3) is 2.84. The molecule has 0 saturated carbocycles. The molecule has 0 radical (unpaired) electrons. The lowest BCUT2D eigenvalue weighted by atomic mass is 10.1. The number of nitrogens with one attached hydrogen (secondary N) is 1. The molecule has 2 aromatic heterocycles. The molecule has 2 heterocycles. The molecule has 8 nitrogen and oxygen atoms in total. The van der Waals surface area contributed by atoms with Gasteiger partial charge in [0.15, 0.2) is 5.82 Å². The van der Waals surface area contributed by atoms with Crippen molar-refractivity contribution in [1.82, 2.24) is 30.4 Å². The minimum absolute atomic E-state index is 0.212. The van der Waals surface area contributed by atoms with Crippen molar-refractivity contribution >= 4 is 0 Å². The van der Waals surface area contributed by atoms with Gasteiger partial charge in [0.05, 0.1) is 18.8 Å². The third-order valence-corrected chi connectivity index (χ3v) is 3.04. The normalized spacial score (nSPS) is 10.9. The SMILES string of the molecule is COCCc1nnnn1Cc1c(C)c(C)n[nH]c1=O. The first-order valence-electron chi connectivity index (χ1n) is 5.92. The number of aryl methyl sites for hydroxylation is 1. The van der Waals surface area contributed by atoms with Gasteiger partial charge < -0.3 is 4.74 Å². The largest absolute Gasteiger partial charge is 0.384 e. The number of aromatic nitrogens is 6. The van der Waals surface area contributed by atoms with E-state index in [4.69, 9.17) is 4.74 Å². The highest BCUT2D eigenvalue weighted by molar-refractivity contribution is 5.25. The summed E-state index contributed by atoms with van der Waals surface area (Å²) < 4.78 is 6.61. The monoisotopic (exact) mass is 264 g/mol. The molecule has 0 amide bonds. The lowest BCUT2D eigenvalue weighted by Gasteiger charge is -2.07. The maximum Gasteiger partial charge on any atom is 0.269 e. The van der Waals surface area contributed by atoms with E-state index in [0.29, 0.717) is 31.0 Å². The van der Waals surface area contributed by atoms with Gasteiger partial charge in [-0.05, 0) is 29.8 Å². The van der Waals surface area contributed by atoms with Crippen molar-refractivity contribution in [1.29, 1.82) is 0 Å². The van der Waals surface area contributed by atoms with E-state index in [0.717, 1.165) is 11.3 Å². The molecular formula is C11H16N6O2. The van der Waals surface area contributed by atoms with Gasteiger partial charge in [-0.3, -0.25) is 4.79 Å². The van der Waals surface area contributed by atoms with E-state index in [1.807, 2.05) is 13.8 Å². The standard InChI is InChI=1S/C11H16N6O2/c1-7-8(2)12-14-11(18)9(7)6-17-10(4-5-19-3)13-15-16-17/h4-6H2,1-3H3,(H,14,18). The van der Waals surface area contributed by atoms with E-state index in [2.05, 4.69) is 25.7 Å². The Kier molecular flexibility index (Phi) is 4.00. The number of tetrazole rings is 1. The molecule has 102 valence electrons. The van der Waals surface area contributed by atoms with Crippen LogP contribution in [0.15, 0.2) is 4.79 Å². The Bertz CT molecular complexity index is 618. The molecule has 0 atom stereocenters. The predicted octanol–water partition coefficient (Wildman–Crippen LogP) is -0.390. The Labute approximate surface area is 109 Å². The number of H-pyrrole nitrogens is 1. The Morgan fingerprint density at radius 2 is 2.16 bits per heavy atom. The lowest BCUT2D eigenvalue weighted by Crippen LogP contribution is -2.22. The fourth-order valence-corrected chi connectivity index (χ4v) is 1.73. The first kappa shape index (κ1) is 13.3. The van der Waals surface area contributed by atoms with E-state index in [9.17, 15) is 4.79 Å². The smallest absolute Gasteiger partial charge is 0.269 e. The van der Waals surface area contributed by atoms with Gasteiger partial charge in [-0.15, -0.1) is 5.10 Å². The number of hydrogen-bond donors (Lipinski definition) is 1. The molecule has 0 aliphatic heterocycles. The van der Waals surface area contributed by atoms with E-state index in [-0.39, 0.29) is 5.56 Å². The van der Waals surface area contributed by atoms with Crippen LogP contribution in [-0.4, -0.2) is 44.1 Å². The van der Waals surface area contributed by atoms with E-state index in [1.54, 1.807) is 11.8 Å². The lowest BCUT2D eigenvalue weighted by molar-refractivity contribution is 0.199. The molecule has 0 spiro atoms. The Hall–Kier alpha value is -2.09. The van der Waals surface area contributed by atoms with Gasteiger partial charge in [0.2, 0.25) is 0 Å². The van der Waals surface area contributed by atoms with Crippen LogP contribution in [0.4, 0.5) is 0 Å². The molecule has 0 aliphatic carbocycles. The first-order chi connectivity index (χ1) is 9.13. The summed E-state index contributed by atoms with van der Waals surface area (Å²) in [6.07, 6.45) is 0.602. The minimum atomic E-state index is -0.212. The number of rotatable bonds is 5. The fourth-order valence-electron chi connectivity index (χ4n) is 1.73. The number of methoxy groups -OCH3 is 1. The highest BCUT2D eigenvalue weighted by Crippen LogP contribution is 2.07. The van der Waals surface area contributed by atoms with Gasteiger partial charge in [0, 0.05) is 19.1 Å². The van der Waals surface area contributed by atoms with Gasteiger partial charge in [0.1, 0.15) is 0 Å². The van der Waals surface area contributed by atoms with Crippen molar-refractivity contribution in [2.45, 2.75) is 26.8 Å². The maximum atomic E-state index is 11.8. The molecule has 2 rings (SSSR count). The highest BCUT2D eigenvalue weighted by Gasteiger charge is 2.12. The second-order valence-corrected chi connectivity index (χ2v) is 4.24. The molecule has 19 heavy (non-hydrogen) atoms. The summed E-state index contributed by atoms with van der Waals surface area (Å²) in [7, 11) is 1.62. The van der Waals surface area contributed by atoms with Gasteiger partial charge in [-0.25, -0.2) is 9.78 Å². The first-order valence-corrected chi connectivity index (χ1v) is 5.92. The average molecular weight is 264 g/mol. The van der Waals surface area contributed by atoms with Crippen LogP contribution < -0.4 is 5.56 Å². The fraction of sp³-hybridized carbons (Fsp3) is 0.545. The zero-order valence-electron chi connectivity index (χ0n) is 11.2. The molecular weight excluding hydrogens is 248 g/mol. The third-order valence-electron chi connectivity index (χ3n) is 3.04. The number of nitrogens with zero attached hydrogens (tertiary/aromatic N) is 5. The van der Waals surface area contributed by atoms with E-state index >= 15 is 0 Å². The summed E-state index contributed by atoms with van der Waals surface area (Å²) in [6.45, 7) is 4.58. The molecule has 0 aromatic carbocycles. The summed E-state index contributed by atoms with van der Waals surface area (Å²) in [5.74, 6) is 0.690. The predicted molar refractivity (Wildman–Crippen MR) is 66.8 cm³/mol. The van der Waals surface area contributed by atoms with Crippen LogP contribution in [0, 0.1) is 13.8 Å². The zero-order chi connectivity index (χ0) is 13.8. The van der Waals surface area contributed by atoms with E-state index in [1.165, 1.54) is 0 Å². The summed E-state index contributed by atoms with van der Waals surface area (Å²) in [4.78, 5) is 11.8. The molecule has 2 aromatic rings. The number of hydrogen-bond acceptors (Lipinski definition) is 6. The van der Waals surface area contributed by atoms with Gasteiger partial charge in [-0.2, -0.15) is 5.10 Å². The van der Waals surface area contributed by atoms with Crippen LogP contribution in [0.25, 0.3) is 0 Å². The van der Waals surface area contributed by atoms with Crippen LogP contribution in [-0.2, 0) is 17.7 Å². The maximum absolute atomic E-state index is 11.8. The minimum Gasteiger partial charge on any atom is -0.384 e. The quantitative estimate of drug-likeness (QED) is 0.789. The van der Waals surface area contributed by atoms with E-state index < -0.39 is 0 Å². The van der Waals surface area contributed by atoms with Crippen molar-refractivity contribution in [3.63, 3.8) is 0 Å². The van der Waals surface area contributed by atoms with Crippen molar-refractivity contribution in [2.75, 3.05) is 13.7 Å². The summed E-state index contributed by atoms with van der Waals surface area (Å²) in [5.41, 5.74) is 2.06. The van der Waals surface area contributed by atoms with Crippen molar-refractivity contribution < 1.29 is 4.74 Å². The summed E-state index contributed by atoms with van der Waals surface area (Å²) >= 11 is 0. The summed E-state index contributed by atoms with van der Waals surface area (Å²) in [6, 6.07) is 0. The molecule has 0 aliphatic rings. The van der Waals surface area contributed by atoms with Crippen LogP contribution in [0.5, 0.6) is 0 Å². The molecule has 1 N–H and O–H groups in total. The highest BCUT2D eigenvalue weighted by atomic mass is 16.5. The number of aromatic amines is 1. The van der Waals surface area contributed by atoms with Crippen LogP contribution in [0.1, 0.15) is 22.6 Å². The van der Waals surface area contributed by atoms with Crippen molar-refractivity contribution in [2.24, 2.45) is 0 Å². The van der Waals surface area contributed by atoms with Crippen LogP contribution >= 0.6 is 0 Å². The van der Waals surface area contributed by atoms with Crippen LogP contribution in [0.3, 0.4) is 0 Å². The van der Waals surface area contributed by atoms with Gasteiger partial charge >= 0.3 is 0 Å². The van der Waals surface area contributed by atoms with Crippen LogP contribution in [0.2, 0.25) is 0 Å². The topological polar surface area (TPSA) is 98.6 Å². The molecule has 0 bridgehead atoms. The van der Waals surface area contributed by atoms with Crippen molar-refractivity contribution in [3.8, 4) is 0 Å². The number of ether oxygens (including phenoxy) is 1. The average Bonchev–Trinajstić information content (AvgIpc) is 2.84. The van der Waals surface area contributed by atoms with Gasteiger partial charge in [-0.1, -0.05) is 0 Å². The second kappa shape index (κ2) is 5.70. The summed E-state index contributed by atoms with van der Waals surface area (Å²) in [5, 5.41) is 17.9. The Morgan fingerprint density at radius 1 is 1.37 bits per heavy atom. The molecule has 8 heteroatoms. The van der Waals surface area contributed by atoms with Crippen molar-refractivity contribution in [3.05, 3.63) is 33.0 Å². The Morgan fingerprint density at radius 3 is 2.89 bits per heavy atom. The molecule has 0 unspecified atom stereocenters. The second-order valence-electron chi connectivity index (χ2n) is 4.24. The molecule has 0 saturated heterocycles. The van der Waals surface area contributed by atoms with Gasteiger partial charge in [0.25, 0.3) is 5.56 Å².